The highest BCUT2D eigenvalue weighted by atomic mass is 28.3. The number of rotatable bonds is 6. The van der Waals surface area contributed by atoms with E-state index in [-0.39, 0.29) is 5.41 Å². The van der Waals surface area contributed by atoms with Crippen LogP contribution in [0.3, 0.4) is 0 Å². The van der Waals surface area contributed by atoms with Crippen molar-refractivity contribution in [2.45, 2.75) is 19.3 Å². The van der Waals surface area contributed by atoms with Crippen LogP contribution in [0, 0.1) is 0 Å². The lowest BCUT2D eigenvalue weighted by Gasteiger charge is -2.46. The Morgan fingerprint density at radius 3 is 1.87 bits per heavy atom. The molecule has 0 N–H and O–H groups in total. The van der Waals surface area contributed by atoms with Crippen LogP contribution >= 0.6 is 0 Å². The normalized spacial score (nSPS) is 14.2. The zero-order valence-corrected chi connectivity index (χ0v) is 27.0. The van der Waals surface area contributed by atoms with Gasteiger partial charge in [-0.05, 0) is 87.4 Å². The van der Waals surface area contributed by atoms with Crippen LogP contribution in [-0.4, -0.2) is 22.8 Å². The van der Waals surface area contributed by atoms with Crippen LogP contribution in [0.25, 0.3) is 5.69 Å². The fraction of sp³-hybridized carbons (Fsp3) is 0.0732. The molecule has 3 heterocycles. The second-order valence-electron chi connectivity index (χ2n) is 12.4. The van der Waals surface area contributed by atoms with Crippen molar-refractivity contribution in [3.8, 4) is 5.69 Å². The Labute approximate surface area is 271 Å². The van der Waals surface area contributed by atoms with Crippen molar-refractivity contribution in [3.05, 3.63) is 181 Å². The van der Waals surface area contributed by atoms with Crippen molar-refractivity contribution < 1.29 is 0 Å². The van der Waals surface area contributed by atoms with Gasteiger partial charge in [0.1, 0.15) is 0 Å². The van der Waals surface area contributed by atoms with E-state index in [1.807, 2.05) is 35.4 Å². The molecule has 0 fully saturated rings. The summed E-state index contributed by atoms with van der Waals surface area (Å²) in [6.07, 6.45) is 5.75. The molecule has 0 amide bonds. The maximum absolute atomic E-state index is 5.17. The summed E-state index contributed by atoms with van der Waals surface area (Å²) in [5.74, 6) is 0. The van der Waals surface area contributed by atoms with Gasteiger partial charge in [0.25, 0.3) is 0 Å². The molecule has 1 aliphatic heterocycles. The first-order valence-electron chi connectivity index (χ1n) is 15.8. The molecule has 0 saturated heterocycles. The topological polar surface area (TPSA) is 34.0 Å². The number of nitrogens with zero attached hydrogens (tertiary/aromatic N) is 4. The second kappa shape index (κ2) is 11.1. The predicted molar refractivity (Wildman–Crippen MR) is 192 cm³/mol. The molecule has 0 aliphatic carbocycles. The number of para-hydroxylation sites is 1. The van der Waals surface area contributed by atoms with Crippen LogP contribution in [0.2, 0.25) is 0 Å². The van der Waals surface area contributed by atoms with Gasteiger partial charge in [-0.3, -0.25) is 4.98 Å². The summed E-state index contributed by atoms with van der Waals surface area (Å²) in [5, 5.41) is 9.77. The minimum Gasteiger partial charge on any atom is -0.310 e. The van der Waals surface area contributed by atoms with Crippen molar-refractivity contribution >= 4 is 46.0 Å². The number of anilines is 3. The zero-order valence-electron chi connectivity index (χ0n) is 26.0. The minimum absolute atomic E-state index is 0.140. The molecule has 8 rings (SSSR count). The maximum Gasteiger partial charge on any atom is 0.202 e. The van der Waals surface area contributed by atoms with Crippen molar-refractivity contribution in [1.82, 2.24) is 14.8 Å². The van der Waals surface area contributed by atoms with E-state index in [1.165, 1.54) is 26.7 Å². The molecule has 7 aromatic rings. The molecule has 4 nitrogen and oxygen atoms in total. The van der Waals surface area contributed by atoms with Gasteiger partial charge in [0, 0.05) is 46.4 Å². The van der Waals surface area contributed by atoms with Gasteiger partial charge in [0.2, 0.25) is 8.07 Å². The lowest BCUT2D eigenvalue weighted by molar-refractivity contribution is 0.645. The molecule has 0 spiro atoms. The van der Waals surface area contributed by atoms with Crippen molar-refractivity contribution in [2.75, 3.05) is 4.90 Å². The molecule has 46 heavy (non-hydrogen) atoms. The Balaban J connectivity index is 1.41. The highest BCUT2D eigenvalue weighted by Crippen LogP contribution is 2.37. The molecule has 222 valence electrons. The molecule has 0 radical (unpaired) electrons. The molecule has 0 atom stereocenters. The fourth-order valence-electron chi connectivity index (χ4n) is 7.42. The third-order valence-corrected chi connectivity index (χ3v) is 14.2. The van der Waals surface area contributed by atoms with Crippen LogP contribution in [0.4, 0.5) is 17.1 Å². The van der Waals surface area contributed by atoms with E-state index in [4.69, 9.17) is 4.98 Å². The largest absolute Gasteiger partial charge is 0.310 e. The number of benzene rings is 5. The maximum atomic E-state index is 5.17. The van der Waals surface area contributed by atoms with E-state index in [0.29, 0.717) is 0 Å². The summed E-state index contributed by atoms with van der Waals surface area (Å²) >= 11 is 0. The van der Waals surface area contributed by atoms with E-state index >= 15 is 0 Å². The molecule has 0 unspecified atom stereocenters. The highest BCUT2D eigenvalue weighted by Gasteiger charge is 2.52. The summed E-state index contributed by atoms with van der Waals surface area (Å²) in [6, 6.07) is 54.9. The Morgan fingerprint density at radius 2 is 1.20 bits per heavy atom. The second-order valence-corrected chi connectivity index (χ2v) is 16.0. The van der Waals surface area contributed by atoms with E-state index in [2.05, 4.69) is 163 Å². The van der Waals surface area contributed by atoms with Crippen LogP contribution in [0.5, 0.6) is 0 Å². The van der Waals surface area contributed by atoms with Crippen molar-refractivity contribution in [1.29, 1.82) is 0 Å². The van der Waals surface area contributed by atoms with Gasteiger partial charge in [-0.15, -0.1) is 0 Å². The molecule has 5 heteroatoms. The van der Waals surface area contributed by atoms with Crippen LogP contribution in [0.1, 0.15) is 25.0 Å². The van der Waals surface area contributed by atoms with Crippen LogP contribution in [-0.2, 0) is 5.41 Å². The average molecular weight is 611 g/mol. The van der Waals surface area contributed by atoms with Gasteiger partial charge in [0.05, 0.1) is 5.69 Å². The number of fused-ring (bicyclic) bond motifs is 2. The van der Waals surface area contributed by atoms with Crippen molar-refractivity contribution in [2.24, 2.45) is 0 Å². The third-order valence-electron chi connectivity index (χ3n) is 9.47. The van der Waals surface area contributed by atoms with Crippen molar-refractivity contribution in [3.63, 3.8) is 0 Å². The molecular weight excluding hydrogens is 577 g/mol. The lowest BCUT2D eigenvalue weighted by Crippen LogP contribution is -2.79. The summed E-state index contributed by atoms with van der Waals surface area (Å²) < 4.78 is 1.91. The monoisotopic (exact) mass is 610 g/mol. The first-order valence-corrected chi connectivity index (χ1v) is 17.8. The van der Waals surface area contributed by atoms with Gasteiger partial charge >= 0.3 is 0 Å². The lowest BCUT2D eigenvalue weighted by atomic mass is 9.77. The first kappa shape index (κ1) is 28.0. The van der Waals surface area contributed by atoms with Crippen LogP contribution in [0.15, 0.2) is 170 Å². The van der Waals surface area contributed by atoms with E-state index < -0.39 is 8.07 Å². The van der Waals surface area contributed by atoms with Gasteiger partial charge in [-0.1, -0.05) is 105 Å². The molecule has 2 aromatic heterocycles. The third kappa shape index (κ3) is 4.35. The molecule has 5 aromatic carbocycles. The highest BCUT2D eigenvalue weighted by molar-refractivity contribution is 7.20. The Bertz CT molecular complexity index is 2090. The Kier molecular flexibility index (Phi) is 6.77. The smallest absolute Gasteiger partial charge is 0.202 e. The quantitative estimate of drug-likeness (QED) is 0.195. The van der Waals surface area contributed by atoms with Crippen LogP contribution < -0.4 is 25.8 Å². The van der Waals surface area contributed by atoms with E-state index in [9.17, 15) is 0 Å². The fourth-order valence-corrected chi connectivity index (χ4v) is 12.8. The van der Waals surface area contributed by atoms with Gasteiger partial charge in [0.15, 0.2) is 0 Å². The molecule has 1 aliphatic rings. The van der Waals surface area contributed by atoms with Gasteiger partial charge in [-0.2, -0.15) is 5.10 Å². The average Bonchev–Trinajstić information content (AvgIpc) is 3.66. The minimum atomic E-state index is -2.85. The zero-order chi connectivity index (χ0) is 31.1. The SMILES string of the molecule is CC1(C)c2ccccc2[Si](c2cccc(N(c3ccccc3)c3cccc(-n4cccn4)c3)c2)(c2ccccn2)c2ccccc21. The van der Waals surface area contributed by atoms with Gasteiger partial charge in [-0.25, -0.2) is 4.68 Å². The first-order chi connectivity index (χ1) is 22.6. The number of pyridine rings is 1. The molecule has 0 saturated carbocycles. The summed E-state index contributed by atoms with van der Waals surface area (Å²) in [4.78, 5) is 7.51. The number of hydrogen-bond acceptors (Lipinski definition) is 3. The Hall–Kier alpha value is -5.52. The Morgan fingerprint density at radius 1 is 0.565 bits per heavy atom. The number of hydrogen-bond donors (Lipinski definition) is 0. The summed E-state index contributed by atoms with van der Waals surface area (Å²) in [6.45, 7) is 4.73. The van der Waals surface area contributed by atoms with Gasteiger partial charge < -0.3 is 4.90 Å². The molecule has 0 bridgehead atoms. The standard InChI is InChI=1S/C41H34N4Si/c1-41(2)36-21-6-8-23-38(36)46(40-25-10-11-26-42-40,39-24-9-7-22-37(39)41)35-20-13-19-34(30-35)45(31-15-4-3-5-16-31)33-18-12-17-32(29-33)44-28-14-27-43-44/h3-30H,1-2H3. The van der Waals surface area contributed by atoms with E-state index in [0.717, 1.165) is 28.1 Å². The summed E-state index contributed by atoms with van der Waals surface area (Å²) in [5.41, 5.74) is 6.89. The summed E-state index contributed by atoms with van der Waals surface area (Å²) in [7, 11) is -2.85. The predicted octanol–water partition coefficient (Wildman–Crippen LogP) is 6.75. The molecular formula is C41H34N4Si. The van der Waals surface area contributed by atoms with E-state index in [1.54, 1.807) is 0 Å². The number of aromatic nitrogens is 3.